The summed E-state index contributed by atoms with van der Waals surface area (Å²) >= 11 is 0. The van der Waals surface area contributed by atoms with Gasteiger partial charge in [-0.1, -0.05) is 12.1 Å². The number of nitrogens with one attached hydrogen (secondary N) is 1. The lowest BCUT2D eigenvalue weighted by Gasteiger charge is -2.26. The third kappa shape index (κ3) is 3.08. The number of benzene rings is 1. The molecule has 2 aliphatic rings. The highest BCUT2D eigenvalue weighted by Crippen LogP contribution is 2.33. The van der Waals surface area contributed by atoms with Crippen LogP contribution in [0.3, 0.4) is 0 Å². The van der Waals surface area contributed by atoms with Crippen molar-refractivity contribution in [3.05, 3.63) is 46.8 Å². The molecule has 2 heterocycles. The quantitative estimate of drug-likeness (QED) is 0.895. The summed E-state index contributed by atoms with van der Waals surface area (Å²) in [6.45, 7) is 5.45. The van der Waals surface area contributed by atoms with Crippen LogP contribution in [0.1, 0.15) is 54.1 Å². The molecule has 140 valence electrons. The Morgan fingerprint density at radius 2 is 1.92 bits per heavy atom. The van der Waals surface area contributed by atoms with Gasteiger partial charge in [-0.05, 0) is 63.1 Å². The number of aromatic nitrogens is 2. The van der Waals surface area contributed by atoms with Crippen LogP contribution in [-0.2, 0) is 16.6 Å². The highest BCUT2D eigenvalue weighted by molar-refractivity contribution is 7.87. The molecule has 1 aromatic heterocycles. The maximum atomic E-state index is 12.7. The molecule has 7 heteroatoms. The van der Waals surface area contributed by atoms with Gasteiger partial charge in [0.15, 0.2) is 0 Å². The number of nitrogens with zero attached hydrogens (tertiary/aromatic N) is 3. The number of fused-ring (bicyclic) bond motifs is 1. The van der Waals surface area contributed by atoms with Gasteiger partial charge < -0.3 is 0 Å². The molecule has 1 atom stereocenters. The first kappa shape index (κ1) is 17.7. The summed E-state index contributed by atoms with van der Waals surface area (Å²) in [5, 5.41) is 4.62. The fourth-order valence-electron chi connectivity index (χ4n) is 4.03. The molecule has 0 spiro atoms. The second kappa shape index (κ2) is 6.79. The summed E-state index contributed by atoms with van der Waals surface area (Å²) in [4.78, 5) is 0. The summed E-state index contributed by atoms with van der Waals surface area (Å²) in [6.07, 6.45) is 6.43. The minimum absolute atomic E-state index is 0.191. The fourth-order valence-corrected chi connectivity index (χ4v) is 5.53. The monoisotopic (exact) mass is 374 g/mol. The van der Waals surface area contributed by atoms with Gasteiger partial charge in [-0.2, -0.15) is 22.5 Å². The van der Waals surface area contributed by atoms with Gasteiger partial charge in [0.05, 0.1) is 17.9 Å². The predicted octanol–water partition coefficient (Wildman–Crippen LogP) is 2.80. The van der Waals surface area contributed by atoms with E-state index in [0.29, 0.717) is 13.1 Å². The van der Waals surface area contributed by atoms with Gasteiger partial charge in [-0.15, -0.1) is 0 Å². The molecule has 26 heavy (non-hydrogen) atoms. The first-order chi connectivity index (χ1) is 12.5. The van der Waals surface area contributed by atoms with Crippen molar-refractivity contribution >= 4 is 10.2 Å². The summed E-state index contributed by atoms with van der Waals surface area (Å²) in [5.74, 6) is 0. The highest BCUT2D eigenvalue weighted by Gasteiger charge is 2.32. The van der Waals surface area contributed by atoms with Crippen LogP contribution < -0.4 is 4.72 Å². The van der Waals surface area contributed by atoms with Crippen LogP contribution in [0.15, 0.2) is 24.4 Å². The Labute approximate surface area is 155 Å². The fraction of sp³-hybridized carbons (Fsp3) is 0.526. The topological polar surface area (TPSA) is 67.2 Å². The lowest BCUT2D eigenvalue weighted by molar-refractivity contribution is 0.438. The molecular weight excluding hydrogens is 348 g/mol. The second-order valence-electron chi connectivity index (χ2n) is 7.35. The third-order valence-corrected chi connectivity index (χ3v) is 7.31. The molecule has 6 nitrogen and oxygen atoms in total. The van der Waals surface area contributed by atoms with E-state index in [9.17, 15) is 8.42 Å². The van der Waals surface area contributed by atoms with E-state index in [2.05, 4.69) is 35.8 Å². The molecule has 1 unspecified atom stereocenters. The number of rotatable bonds is 4. The summed E-state index contributed by atoms with van der Waals surface area (Å²) in [5.41, 5.74) is 5.65. The minimum atomic E-state index is -3.43. The van der Waals surface area contributed by atoms with Gasteiger partial charge in [0, 0.05) is 24.3 Å². The van der Waals surface area contributed by atoms with Gasteiger partial charge in [0.1, 0.15) is 0 Å². The van der Waals surface area contributed by atoms with Crippen molar-refractivity contribution in [1.29, 1.82) is 0 Å². The Bertz CT molecular complexity index is 914. The Kier molecular flexibility index (Phi) is 4.62. The van der Waals surface area contributed by atoms with Gasteiger partial charge in [0.25, 0.3) is 10.2 Å². The number of hydrogen-bond donors (Lipinski definition) is 1. The smallest absolute Gasteiger partial charge is 0.237 e. The van der Waals surface area contributed by atoms with E-state index in [0.717, 1.165) is 49.0 Å². The van der Waals surface area contributed by atoms with Crippen LogP contribution in [0.2, 0.25) is 0 Å². The molecule has 1 aliphatic carbocycles. The van der Waals surface area contributed by atoms with E-state index in [1.807, 2.05) is 16.9 Å². The zero-order valence-corrected chi connectivity index (χ0v) is 16.2. The molecule has 0 bridgehead atoms. The first-order valence-electron chi connectivity index (χ1n) is 9.38. The summed E-state index contributed by atoms with van der Waals surface area (Å²) in [7, 11) is -3.43. The van der Waals surface area contributed by atoms with Gasteiger partial charge in [0.2, 0.25) is 0 Å². The van der Waals surface area contributed by atoms with Crippen LogP contribution in [0.5, 0.6) is 0 Å². The zero-order chi connectivity index (χ0) is 18.3. The Hall–Kier alpha value is -1.70. The van der Waals surface area contributed by atoms with E-state index < -0.39 is 10.2 Å². The lowest BCUT2D eigenvalue weighted by Crippen LogP contribution is -2.41. The third-order valence-electron chi connectivity index (χ3n) is 5.68. The Balaban J connectivity index is 1.66. The van der Waals surface area contributed by atoms with E-state index in [4.69, 9.17) is 0 Å². The molecule has 1 N–H and O–H groups in total. The molecule has 1 aromatic carbocycles. The molecule has 1 fully saturated rings. The molecular formula is C19H26N4O2S. The van der Waals surface area contributed by atoms with Crippen molar-refractivity contribution in [3.8, 4) is 5.69 Å². The van der Waals surface area contributed by atoms with Crippen LogP contribution in [-0.4, -0.2) is 35.6 Å². The van der Waals surface area contributed by atoms with Gasteiger partial charge in [-0.25, -0.2) is 4.68 Å². The lowest BCUT2D eigenvalue weighted by atomic mass is 9.93. The SMILES string of the molecule is Cc1cccc(-n2ncc3c2CCCC3NS(=O)(=O)N2CCCC2)c1C. The van der Waals surface area contributed by atoms with Gasteiger partial charge >= 0.3 is 0 Å². The number of hydrogen-bond acceptors (Lipinski definition) is 3. The highest BCUT2D eigenvalue weighted by atomic mass is 32.2. The van der Waals surface area contributed by atoms with E-state index in [-0.39, 0.29) is 6.04 Å². The first-order valence-corrected chi connectivity index (χ1v) is 10.8. The second-order valence-corrected chi connectivity index (χ2v) is 9.05. The van der Waals surface area contributed by atoms with Crippen molar-refractivity contribution in [2.24, 2.45) is 0 Å². The Morgan fingerprint density at radius 3 is 2.69 bits per heavy atom. The molecule has 1 aliphatic heterocycles. The van der Waals surface area contributed by atoms with Crippen molar-refractivity contribution in [3.63, 3.8) is 0 Å². The van der Waals surface area contributed by atoms with E-state index in [1.165, 1.54) is 11.1 Å². The maximum absolute atomic E-state index is 12.7. The van der Waals surface area contributed by atoms with Crippen molar-refractivity contribution in [2.75, 3.05) is 13.1 Å². The zero-order valence-electron chi connectivity index (χ0n) is 15.4. The molecule has 0 amide bonds. The van der Waals surface area contributed by atoms with Crippen LogP contribution in [0, 0.1) is 13.8 Å². The van der Waals surface area contributed by atoms with Crippen molar-refractivity contribution < 1.29 is 8.42 Å². The van der Waals surface area contributed by atoms with Crippen LogP contribution >= 0.6 is 0 Å². The van der Waals surface area contributed by atoms with E-state index in [1.54, 1.807) is 4.31 Å². The molecule has 4 rings (SSSR count). The minimum Gasteiger partial charge on any atom is -0.237 e. The van der Waals surface area contributed by atoms with Gasteiger partial charge in [-0.3, -0.25) is 0 Å². The molecule has 2 aromatic rings. The van der Waals surface area contributed by atoms with Crippen molar-refractivity contribution in [2.45, 2.75) is 52.0 Å². The molecule has 1 saturated heterocycles. The van der Waals surface area contributed by atoms with Crippen LogP contribution in [0.4, 0.5) is 0 Å². The predicted molar refractivity (Wildman–Crippen MR) is 102 cm³/mol. The standard InChI is InChI=1S/C19H26N4O2S/c1-14-7-5-9-18(15(14)2)23-19-10-6-8-17(16(19)13-20-23)21-26(24,25)22-11-3-4-12-22/h5,7,9,13,17,21H,3-4,6,8,10-12H2,1-2H3. The molecule has 0 radical (unpaired) electrons. The summed E-state index contributed by atoms with van der Waals surface area (Å²) < 4.78 is 31.8. The summed E-state index contributed by atoms with van der Waals surface area (Å²) in [6, 6.07) is 6.03. The van der Waals surface area contributed by atoms with Crippen molar-refractivity contribution in [1.82, 2.24) is 18.8 Å². The van der Waals surface area contributed by atoms with E-state index >= 15 is 0 Å². The largest absolute Gasteiger partial charge is 0.280 e. The number of aryl methyl sites for hydroxylation is 1. The average Bonchev–Trinajstić information content (AvgIpc) is 3.28. The maximum Gasteiger partial charge on any atom is 0.280 e. The van der Waals surface area contributed by atoms with Crippen LogP contribution in [0.25, 0.3) is 5.69 Å². The molecule has 0 saturated carbocycles. The average molecular weight is 375 g/mol. The normalized spacial score (nSPS) is 21.1. The Morgan fingerprint density at radius 1 is 1.15 bits per heavy atom.